The first-order valence-corrected chi connectivity index (χ1v) is 11.3. The van der Waals surface area contributed by atoms with Crippen LogP contribution < -0.4 is 0 Å². The van der Waals surface area contributed by atoms with E-state index in [2.05, 4.69) is 6.92 Å². The molecule has 30 heavy (non-hydrogen) atoms. The molecule has 0 aromatic carbocycles. The minimum absolute atomic E-state index is 0.210. The van der Waals surface area contributed by atoms with Gasteiger partial charge in [-0.2, -0.15) is 0 Å². The first-order valence-electron chi connectivity index (χ1n) is 11.3. The third-order valence-corrected chi connectivity index (χ3v) is 8.83. The number of likely N-dealkylation sites (N-methyl/N-ethyl adjacent to an activating group) is 1. The first-order chi connectivity index (χ1) is 14.1. The molecule has 7 atom stereocenters. The van der Waals surface area contributed by atoms with Gasteiger partial charge in [0.05, 0.1) is 31.0 Å². The average Bonchev–Trinajstić information content (AvgIpc) is 3.23. The van der Waals surface area contributed by atoms with E-state index in [0.717, 1.165) is 24.0 Å². The second-order valence-corrected chi connectivity index (χ2v) is 10.5. The maximum Gasteiger partial charge on any atom is 0.174 e. The minimum Gasteiger partial charge on any atom is -0.388 e. The Morgan fingerprint density at radius 1 is 1.07 bits per heavy atom. The third kappa shape index (κ3) is 2.70. The lowest BCUT2D eigenvalue weighted by Gasteiger charge is -2.48. The standard InChI is InChI=1S/C23H35NO6/c1-21-12-18(25)14-10-16-19(26)20(27)17(24(2)3)11-22(16,28)6-4-13(14)15(21)5-7-23(21)29-8-9-30-23/h10,15,17-20,25-28H,4-9,11-12H2,1-3H3/t15-,17-,18?,19+,20+,21-,22+/m0/s1. The van der Waals surface area contributed by atoms with Gasteiger partial charge in [0.2, 0.25) is 0 Å². The molecule has 1 heterocycles. The smallest absolute Gasteiger partial charge is 0.174 e. The second-order valence-electron chi connectivity index (χ2n) is 10.5. The zero-order valence-corrected chi connectivity index (χ0v) is 18.2. The Hall–Kier alpha value is -0.800. The van der Waals surface area contributed by atoms with Crippen molar-refractivity contribution >= 4 is 0 Å². The number of rotatable bonds is 1. The molecule has 1 saturated heterocycles. The maximum absolute atomic E-state index is 11.6. The van der Waals surface area contributed by atoms with Crippen LogP contribution in [-0.2, 0) is 9.47 Å². The van der Waals surface area contributed by atoms with Gasteiger partial charge in [-0.3, -0.25) is 0 Å². The summed E-state index contributed by atoms with van der Waals surface area (Å²) in [6.07, 6.45) is 2.70. The van der Waals surface area contributed by atoms with Gasteiger partial charge in [-0.1, -0.05) is 18.6 Å². The number of allylic oxidation sites excluding steroid dienone is 1. The summed E-state index contributed by atoms with van der Waals surface area (Å²) < 4.78 is 12.2. The summed E-state index contributed by atoms with van der Waals surface area (Å²) in [7, 11) is 3.71. The predicted octanol–water partition coefficient (Wildman–Crippen LogP) is 0.714. The molecule has 2 saturated carbocycles. The summed E-state index contributed by atoms with van der Waals surface area (Å²) in [4.78, 5) is 1.86. The van der Waals surface area contributed by atoms with E-state index in [1.807, 2.05) is 19.0 Å². The number of hydrogen-bond donors (Lipinski definition) is 4. The number of nitrogens with zero attached hydrogens (tertiary/aromatic N) is 1. The minimum atomic E-state index is -1.20. The quantitative estimate of drug-likeness (QED) is 0.495. The number of fused-ring (bicyclic) bond motifs is 4. The van der Waals surface area contributed by atoms with Crippen molar-refractivity contribution < 1.29 is 29.9 Å². The molecule has 3 fully saturated rings. The number of ether oxygens (including phenoxy) is 2. The van der Waals surface area contributed by atoms with E-state index < -0.39 is 29.7 Å². The Morgan fingerprint density at radius 2 is 1.77 bits per heavy atom. The van der Waals surface area contributed by atoms with Crippen molar-refractivity contribution in [3.8, 4) is 0 Å². The molecule has 0 aromatic rings. The normalized spacial score (nSPS) is 47.7. The van der Waals surface area contributed by atoms with Crippen LogP contribution >= 0.6 is 0 Å². The molecule has 1 unspecified atom stereocenters. The summed E-state index contributed by atoms with van der Waals surface area (Å²) in [6, 6.07) is -0.331. The van der Waals surface area contributed by atoms with Crippen molar-refractivity contribution in [3.63, 3.8) is 0 Å². The van der Waals surface area contributed by atoms with Crippen LogP contribution in [0.5, 0.6) is 0 Å². The Balaban J connectivity index is 1.55. The fraction of sp³-hybridized carbons (Fsp3) is 0.826. The van der Waals surface area contributed by atoms with Crippen molar-refractivity contribution in [2.45, 2.75) is 81.2 Å². The molecule has 1 spiro atoms. The zero-order valence-electron chi connectivity index (χ0n) is 18.2. The van der Waals surface area contributed by atoms with Gasteiger partial charge >= 0.3 is 0 Å². The molecule has 1 aliphatic heterocycles. The average molecular weight is 422 g/mol. The molecule has 4 aliphatic carbocycles. The van der Waals surface area contributed by atoms with E-state index in [1.54, 1.807) is 6.08 Å². The van der Waals surface area contributed by atoms with Gasteiger partial charge in [-0.25, -0.2) is 0 Å². The molecule has 5 rings (SSSR count). The zero-order chi connectivity index (χ0) is 21.5. The van der Waals surface area contributed by atoms with Gasteiger partial charge in [0.15, 0.2) is 5.79 Å². The van der Waals surface area contributed by atoms with E-state index >= 15 is 0 Å². The summed E-state index contributed by atoms with van der Waals surface area (Å²) >= 11 is 0. The van der Waals surface area contributed by atoms with Crippen molar-refractivity contribution in [1.29, 1.82) is 0 Å². The second kappa shape index (κ2) is 6.85. The summed E-state index contributed by atoms with van der Waals surface area (Å²) in [6.45, 7) is 3.34. The van der Waals surface area contributed by atoms with Crippen molar-refractivity contribution in [2.24, 2.45) is 11.3 Å². The highest BCUT2D eigenvalue weighted by Gasteiger charge is 2.64. The van der Waals surface area contributed by atoms with E-state index in [4.69, 9.17) is 9.47 Å². The summed E-state index contributed by atoms with van der Waals surface area (Å²) in [5.41, 5.74) is 0.904. The molecule has 0 aromatic heterocycles. The van der Waals surface area contributed by atoms with Crippen LogP contribution in [0.4, 0.5) is 0 Å². The molecule has 0 radical (unpaired) electrons. The molecular weight excluding hydrogens is 386 g/mol. The number of aliphatic hydroxyl groups is 4. The van der Waals surface area contributed by atoms with Gasteiger partial charge in [0.1, 0.15) is 6.10 Å². The van der Waals surface area contributed by atoms with E-state index in [0.29, 0.717) is 44.5 Å². The van der Waals surface area contributed by atoms with Crippen LogP contribution in [0.1, 0.15) is 45.4 Å². The molecule has 168 valence electrons. The molecule has 4 N–H and O–H groups in total. The van der Waals surface area contributed by atoms with Crippen LogP contribution in [0.15, 0.2) is 22.8 Å². The predicted molar refractivity (Wildman–Crippen MR) is 109 cm³/mol. The lowest BCUT2D eigenvalue weighted by molar-refractivity contribution is -0.230. The van der Waals surface area contributed by atoms with Gasteiger partial charge in [-0.15, -0.1) is 0 Å². The van der Waals surface area contributed by atoms with Crippen molar-refractivity contribution in [2.75, 3.05) is 27.3 Å². The van der Waals surface area contributed by atoms with Crippen molar-refractivity contribution in [1.82, 2.24) is 4.90 Å². The molecule has 7 nitrogen and oxygen atoms in total. The van der Waals surface area contributed by atoms with Gasteiger partial charge in [0, 0.05) is 17.9 Å². The van der Waals surface area contributed by atoms with Crippen LogP contribution in [0.25, 0.3) is 0 Å². The summed E-state index contributed by atoms with van der Waals surface area (Å²) in [5, 5.41) is 44.4. The third-order valence-electron chi connectivity index (χ3n) is 8.83. The maximum atomic E-state index is 11.6. The van der Waals surface area contributed by atoms with Gasteiger partial charge in [0.25, 0.3) is 0 Å². The van der Waals surface area contributed by atoms with Crippen LogP contribution in [0.2, 0.25) is 0 Å². The van der Waals surface area contributed by atoms with Gasteiger partial charge < -0.3 is 34.8 Å². The molecule has 7 heteroatoms. The molecule has 5 aliphatic rings. The van der Waals surface area contributed by atoms with Crippen LogP contribution in [0, 0.1) is 11.3 Å². The Labute approximate surface area is 178 Å². The van der Waals surface area contributed by atoms with E-state index in [-0.39, 0.29) is 17.4 Å². The van der Waals surface area contributed by atoms with E-state index in [9.17, 15) is 20.4 Å². The fourth-order valence-corrected chi connectivity index (χ4v) is 7.14. The van der Waals surface area contributed by atoms with Gasteiger partial charge in [-0.05, 0) is 63.3 Å². The summed E-state index contributed by atoms with van der Waals surface area (Å²) in [5.74, 6) is -0.423. The monoisotopic (exact) mass is 421 g/mol. The Morgan fingerprint density at radius 3 is 2.43 bits per heavy atom. The SMILES string of the molecule is CN(C)[C@H]1C[C@]2(O)CCC3=C(C=C2[C@@H](O)[C@@H]1O)C(O)C[C@@]1(C)[C@H]3CCC12OCCO2. The Bertz CT molecular complexity index is 787. The molecule has 0 amide bonds. The van der Waals surface area contributed by atoms with Crippen LogP contribution in [0.3, 0.4) is 0 Å². The topological polar surface area (TPSA) is 103 Å². The highest BCUT2D eigenvalue weighted by atomic mass is 16.7. The largest absolute Gasteiger partial charge is 0.388 e. The molecular formula is C23H35NO6. The van der Waals surface area contributed by atoms with E-state index in [1.165, 1.54) is 0 Å². The van der Waals surface area contributed by atoms with Crippen LogP contribution in [-0.4, -0.2) is 88.4 Å². The Kier molecular flexibility index (Phi) is 4.81. The first kappa shape index (κ1) is 21.1. The highest BCUT2D eigenvalue weighted by Crippen LogP contribution is 2.63. The highest BCUT2D eigenvalue weighted by molar-refractivity contribution is 5.45. The number of aliphatic hydroxyl groups excluding tert-OH is 3. The van der Waals surface area contributed by atoms with Crippen molar-refractivity contribution in [3.05, 3.63) is 22.8 Å². The number of hydrogen-bond acceptors (Lipinski definition) is 7. The fourth-order valence-electron chi connectivity index (χ4n) is 7.14. The lowest BCUT2D eigenvalue weighted by Crippen LogP contribution is -2.58. The molecule has 0 bridgehead atoms. The lowest BCUT2D eigenvalue weighted by atomic mass is 9.63.